The number of halogens is 1. The average molecular weight is 290 g/mol. The van der Waals surface area contributed by atoms with Crippen molar-refractivity contribution < 1.29 is 5.11 Å². The quantitative estimate of drug-likeness (QED) is 0.788. The fourth-order valence-corrected chi connectivity index (χ4v) is 1.83. The van der Waals surface area contributed by atoms with Crippen molar-refractivity contribution in [1.82, 2.24) is 0 Å². The largest absolute Gasteiger partial charge is 0.392 e. The Labute approximate surface area is 93.3 Å². The average Bonchev–Trinajstić information content (AvgIpc) is 2.02. The summed E-state index contributed by atoms with van der Waals surface area (Å²) < 4.78 is 1.15. The molecule has 0 amide bonds. The smallest absolute Gasteiger partial charge is 0.0692 e. The Balaban J connectivity index is 3.10. The van der Waals surface area contributed by atoms with Gasteiger partial charge in [0, 0.05) is 3.57 Å². The minimum absolute atomic E-state index is 0.128. The van der Waals surface area contributed by atoms with Crippen molar-refractivity contribution in [1.29, 1.82) is 0 Å². The van der Waals surface area contributed by atoms with Crippen LogP contribution in [0, 0.1) is 3.57 Å². The van der Waals surface area contributed by atoms with Crippen molar-refractivity contribution >= 4 is 22.6 Å². The van der Waals surface area contributed by atoms with Crippen LogP contribution in [0.1, 0.15) is 31.9 Å². The Morgan fingerprint density at radius 2 is 1.92 bits per heavy atom. The summed E-state index contributed by atoms with van der Waals surface area (Å²) in [6, 6.07) is 6.24. The lowest BCUT2D eigenvalue weighted by atomic mass is 9.87. The predicted octanol–water partition coefficient (Wildman–Crippen LogP) is 3.08. The van der Waals surface area contributed by atoms with Gasteiger partial charge >= 0.3 is 0 Å². The zero-order chi connectivity index (χ0) is 10.1. The van der Waals surface area contributed by atoms with Gasteiger partial charge in [0.15, 0.2) is 0 Å². The fraction of sp³-hybridized carbons (Fsp3) is 0.455. The second-order valence-electron chi connectivity index (χ2n) is 4.21. The molecular weight excluding hydrogens is 275 g/mol. The first-order valence-electron chi connectivity index (χ1n) is 4.35. The second-order valence-corrected chi connectivity index (χ2v) is 5.38. The summed E-state index contributed by atoms with van der Waals surface area (Å²) in [4.78, 5) is 0. The van der Waals surface area contributed by atoms with E-state index >= 15 is 0 Å². The lowest BCUT2D eigenvalue weighted by Gasteiger charge is -2.19. The lowest BCUT2D eigenvalue weighted by Crippen LogP contribution is -2.11. The Bertz CT molecular complexity index is 299. The van der Waals surface area contributed by atoms with E-state index in [1.54, 1.807) is 0 Å². The highest BCUT2D eigenvalue weighted by Gasteiger charge is 2.14. The van der Waals surface area contributed by atoms with Gasteiger partial charge in [0.25, 0.3) is 0 Å². The van der Waals surface area contributed by atoms with Crippen LogP contribution < -0.4 is 0 Å². The van der Waals surface area contributed by atoms with Crippen molar-refractivity contribution in [2.24, 2.45) is 0 Å². The molecule has 0 saturated carbocycles. The van der Waals surface area contributed by atoms with Gasteiger partial charge in [-0.2, -0.15) is 0 Å². The van der Waals surface area contributed by atoms with Crippen LogP contribution >= 0.6 is 22.6 Å². The summed E-state index contributed by atoms with van der Waals surface area (Å²) in [5.74, 6) is 0. The van der Waals surface area contributed by atoms with Crippen LogP contribution in [0.3, 0.4) is 0 Å². The van der Waals surface area contributed by atoms with E-state index in [4.69, 9.17) is 5.11 Å². The Hall–Kier alpha value is -0.0900. The highest BCUT2D eigenvalue weighted by Crippen LogP contribution is 2.25. The number of aliphatic hydroxyl groups excluding tert-OH is 1. The summed E-state index contributed by atoms with van der Waals surface area (Å²) in [7, 11) is 0. The van der Waals surface area contributed by atoms with Crippen LogP contribution in [0.2, 0.25) is 0 Å². The molecule has 0 heterocycles. The van der Waals surface area contributed by atoms with Crippen molar-refractivity contribution in [2.75, 3.05) is 0 Å². The van der Waals surface area contributed by atoms with Gasteiger partial charge < -0.3 is 5.11 Å². The first-order chi connectivity index (χ1) is 5.95. The molecule has 13 heavy (non-hydrogen) atoms. The van der Waals surface area contributed by atoms with Crippen molar-refractivity contribution in [2.45, 2.75) is 32.8 Å². The molecule has 0 fully saturated rings. The maximum atomic E-state index is 9.01. The monoisotopic (exact) mass is 290 g/mol. The summed E-state index contributed by atoms with van der Waals surface area (Å²) in [5, 5.41) is 9.01. The molecule has 2 heteroatoms. The van der Waals surface area contributed by atoms with Gasteiger partial charge in [-0.05, 0) is 45.2 Å². The normalized spacial score (nSPS) is 11.8. The Morgan fingerprint density at radius 3 is 2.31 bits per heavy atom. The summed E-state index contributed by atoms with van der Waals surface area (Å²) in [5.41, 5.74) is 2.51. The Morgan fingerprint density at radius 1 is 1.31 bits per heavy atom. The summed E-state index contributed by atoms with van der Waals surface area (Å²) in [6.07, 6.45) is 0. The zero-order valence-corrected chi connectivity index (χ0v) is 10.4. The molecule has 72 valence electrons. The predicted molar refractivity (Wildman–Crippen MR) is 63.8 cm³/mol. The van der Waals surface area contributed by atoms with Crippen LogP contribution in [0.5, 0.6) is 0 Å². The number of hydrogen-bond donors (Lipinski definition) is 1. The van der Waals surface area contributed by atoms with Gasteiger partial charge in [-0.1, -0.05) is 32.9 Å². The van der Waals surface area contributed by atoms with E-state index in [-0.39, 0.29) is 12.0 Å². The molecule has 0 aliphatic carbocycles. The molecule has 1 aromatic rings. The van der Waals surface area contributed by atoms with Gasteiger partial charge in [0.05, 0.1) is 6.61 Å². The fourth-order valence-electron chi connectivity index (χ4n) is 1.14. The molecule has 0 radical (unpaired) electrons. The highest BCUT2D eigenvalue weighted by molar-refractivity contribution is 14.1. The second kappa shape index (κ2) is 3.96. The molecule has 0 bridgehead atoms. The minimum atomic E-state index is 0.128. The van der Waals surface area contributed by atoms with Crippen LogP contribution in [0.15, 0.2) is 18.2 Å². The molecule has 0 saturated heterocycles. The van der Waals surface area contributed by atoms with E-state index in [0.29, 0.717) is 0 Å². The van der Waals surface area contributed by atoms with Crippen LogP contribution in [0.25, 0.3) is 0 Å². The third-order valence-corrected chi connectivity index (χ3v) is 3.09. The minimum Gasteiger partial charge on any atom is -0.392 e. The molecule has 1 nitrogen and oxygen atoms in total. The number of benzene rings is 1. The standard InChI is InChI=1S/C11H15IO/c1-11(2,3)9-5-4-8(7-13)10(12)6-9/h4-6,13H,7H2,1-3H3. The third-order valence-electron chi connectivity index (χ3n) is 2.09. The topological polar surface area (TPSA) is 20.2 Å². The lowest BCUT2D eigenvalue weighted by molar-refractivity contribution is 0.281. The molecule has 0 atom stereocenters. The van der Waals surface area contributed by atoms with Crippen LogP contribution in [-0.4, -0.2) is 5.11 Å². The van der Waals surface area contributed by atoms with Gasteiger partial charge in [-0.3, -0.25) is 0 Å². The zero-order valence-electron chi connectivity index (χ0n) is 8.26. The molecule has 1 rings (SSSR count). The van der Waals surface area contributed by atoms with E-state index in [1.165, 1.54) is 5.56 Å². The number of hydrogen-bond acceptors (Lipinski definition) is 1. The molecule has 0 spiro atoms. The van der Waals surface area contributed by atoms with E-state index in [0.717, 1.165) is 9.13 Å². The molecule has 0 unspecified atom stereocenters. The SMILES string of the molecule is CC(C)(C)c1ccc(CO)c(I)c1. The maximum Gasteiger partial charge on any atom is 0.0692 e. The number of aliphatic hydroxyl groups is 1. The van der Waals surface area contributed by atoms with Gasteiger partial charge in [-0.25, -0.2) is 0 Å². The molecule has 1 N–H and O–H groups in total. The van der Waals surface area contributed by atoms with Gasteiger partial charge in [-0.15, -0.1) is 0 Å². The molecule has 0 aliphatic rings. The molecule has 0 aliphatic heterocycles. The number of rotatable bonds is 1. The van der Waals surface area contributed by atoms with E-state index < -0.39 is 0 Å². The van der Waals surface area contributed by atoms with Crippen molar-refractivity contribution in [3.63, 3.8) is 0 Å². The molecule has 0 aromatic heterocycles. The molecular formula is C11H15IO. The van der Waals surface area contributed by atoms with E-state index in [1.807, 2.05) is 6.07 Å². The van der Waals surface area contributed by atoms with Gasteiger partial charge in [0.2, 0.25) is 0 Å². The van der Waals surface area contributed by atoms with Crippen LogP contribution in [0.4, 0.5) is 0 Å². The first kappa shape index (κ1) is 11.0. The van der Waals surface area contributed by atoms with Gasteiger partial charge in [0.1, 0.15) is 0 Å². The summed E-state index contributed by atoms with van der Waals surface area (Å²) in [6.45, 7) is 6.70. The third kappa shape index (κ3) is 2.68. The van der Waals surface area contributed by atoms with Crippen LogP contribution in [-0.2, 0) is 12.0 Å². The summed E-state index contributed by atoms with van der Waals surface area (Å²) >= 11 is 2.27. The van der Waals surface area contributed by atoms with Crippen molar-refractivity contribution in [3.05, 3.63) is 32.9 Å². The molecule has 1 aromatic carbocycles. The maximum absolute atomic E-state index is 9.01. The Kier molecular flexibility index (Phi) is 3.35. The highest BCUT2D eigenvalue weighted by atomic mass is 127. The van der Waals surface area contributed by atoms with Crippen molar-refractivity contribution in [3.8, 4) is 0 Å². The van der Waals surface area contributed by atoms with E-state index in [9.17, 15) is 0 Å². The van der Waals surface area contributed by atoms with E-state index in [2.05, 4.69) is 55.5 Å². The first-order valence-corrected chi connectivity index (χ1v) is 5.43.